The Labute approximate surface area is 145 Å². The Balaban J connectivity index is 1.71. The maximum Gasteiger partial charge on any atom is 0.147 e. The Morgan fingerprint density at radius 2 is 1.61 bits per heavy atom. The molecule has 1 aliphatic heterocycles. The number of hydrogen-bond acceptors (Lipinski definition) is 4. The molecule has 2 fully saturated rings. The van der Waals surface area contributed by atoms with Crippen molar-refractivity contribution in [3.05, 3.63) is 23.8 Å². The van der Waals surface area contributed by atoms with Gasteiger partial charge < -0.3 is 4.90 Å². The molecule has 0 N–H and O–H groups in total. The number of ketones is 1. The molecule has 0 amide bonds. The molecule has 3 nitrogen and oxygen atoms in total. The molecule has 23 heavy (non-hydrogen) atoms. The highest BCUT2D eigenvalue weighted by atomic mass is 32.1. The molecule has 0 bridgehead atoms. The minimum atomic E-state index is -0.218. The minimum absolute atomic E-state index is 0.218. The number of anilines is 1. The number of nitrogens with zero attached hydrogens (tertiary/aromatic N) is 2. The van der Waals surface area contributed by atoms with Gasteiger partial charge in [0.15, 0.2) is 0 Å². The summed E-state index contributed by atoms with van der Waals surface area (Å²) >= 11 is 4.64. The number of benzene rings is 1. The summed E-state index contributed by atoms with van der Waals surface area (Å²) in [5.74, 6) is 0.397. The van der Waals surface area contributed by atoms with E-state index in [9.17, 15) is 4.79 Å². The van der Waals surface area contributed by atoms with Crippen molar-refractivity contribution in [3.63, 3.8) is 0 Å². The van der Waals surface area contributed by atoms with Crippen molar-refractivity contribution in [1.29, 1.82) is 0 Å². The van der Waals surface area contributed by atoms with Crippen molar-refractivity contribution >= 4 is 24.1 Å². The second-order valence-corrected chi connectivity index (χ2v) is 8.67. The fourth-order valence-corrected chi connectivity index (χ4v) is 5.36. The van der Waals surface area contributed by atoms with Crippen molar-refractivity contribution in [2.45, 2.75) is 45.6 Å². The molecule has 1 heterocycles. The summed E-state index contributed by atoms with van der Waals surface area (Å²) in [6.45, 7) is 14.5. The van der Waals surface area contributed by atoms with Crippen molar-refractivity contribution in [3.8, 4) is 0 Å². The molecule has 3 rings (SSSR count). The van der Waals surface area contributed by atoms with E-state index in [0.717, 1.165) is 31.1 Å². The number of aryl methyl sites for hydroxylation is 1. The molecule has 0 radical (unpaired) electrons. The van der Waals surface area contributed by atoms with E-state index < -0.39 is 0 Å². The highest BCUT2D eigenvalue weighted by Gasteiger charge is 2.63. The van der Waals surface area contributed by atoms with Crippen LogP contribution in [-0.4, -0.2) is 42.9 Å². The molecule has 4 heteroatoms. The normalized spacial score (nSPS) is 24.6. The summed E-state index contributed by atoms with van der Waals surface area (Å²) in [5.41, 5.74) is 2.03. The Hall–Kier alpha value is -1.00. The largest absolute Gasteiger partial charge is 0.368 e. The van der Waals surface area contributed by atoms with Crippen molar-refractivity contribution in [2.75, 3.05) is 31.1 Å². The number of thiol groups is 1. The van der Waals surface area contributed by atoms with Gasteiger partial charge >= 0.3 is 0 Å². The molecule has 0 atom stereocenters. The summed E-state index contributed by atoms with van der Waals surface area (Å²) in [7, 11) is 0. The average Bonchev–Trinajstić information content (AvgIpc) is 2.47. The molecule has 1 aromatic carbocycles. The van der Waals surface area contributed by atoms with Gasteiger partial charge in [-0.2, -0.15) is 0 Å². The Kier molecular flexibility index (Phi) is 4.04. The van der Waals surface area contributed by atoms with Gasteiger partial charge in [0.1, 0.15) is 5.78 Å². The topological polar surface area (TPSA) is 23.6 Å². The predicted molar refractivity (Wildman–Crippen MR) is 98.6 cm³/mol. The Bertz CT molecular complexity index is 612. The zero-order chi connectivity index (χ0) is 17.0. The molecule has 126 valence electrons. The third-order valence-corrected chi connectivity index (χ3v) is 6.05. The Morgan fingerprint density at radius 1 is 1.04 bits per heavy atom. The van der Waals surface area contributed by atoms with Crippen LogP contribution in [0.1, 0.15) is 33.3 Å². The van der Waals surface area contributed by atoms with E-state index in [1.807, 2.05) is 0 Å². The molecule has 1 saturated carbocycles. The number of hydrogen-bond donors (Lipinski definition) is 1. The number of rotatable bonds is 2. The van der Waals surface area contributed by atoms with E-state index in [4.69, 9.17) is 0 Å². The molecule has 0 aromatic heterocycles. The van der Waals surface area contributed by atoms with E-state index >= 15 is 0 Å². The maximum atomic E-state index is 12.4. The lowest BCUT2D eigenvalue weighted by molar-refractivity contribution is -0.170. The first-order valence-electron chi connectivity index (χ1n) is 8.49. The van der Waals surface area contributed by atoms with Gasteiger partial charge in [-0.15, -0.1) is 12.6 Å². The van der Waals surface area contributed by atoms with Gasteiger partial charge in [-0.25, -0.2) is 0 Å². The summed E-state index contributed by atoms with van der Waals surface area (Å²) < 4.78 is 0. The average molecular weight is 333 g/mol. The molecular weight excluding hydrogens is 304 g/mol. The fraction of sp³-hybridized carbons (Fsp3) is 0.632. The van der Waals surface area contributed by atoms with Gasteiger partial charge in [0.2, 0.25) is 0 Å². The van der Waals surface area contributed by atoms with Crippen LogP contribution < -0.4 is 4.90 Å². The molecule has 1 aliphatic carbocycles. The first-order chi connectivity index (χ1) is 10.7. The second-order valence-electron chi connectivity index (χ2n) is 8.19. The van der Waals surface area contributed by atoms with Crippen LogP contribution in [0.4, 0.5) is 5.69 Å². The van der Waals surface area contributed by atoms with Gasteiger partial charge in [0.25, 0.3) is 0 Å². The zero-order valence-electron chi connectivity index (χ0n) is 14.9. The number of piperazine rings is 1. The van der Waals surface area contributed by atoms with E-state index in [1.54, 1.807) is 0 Å². The van der Waals surface area contributed by atoms with Crippen LogP contribution in [0.5, 0.6) is 0 Å². The quantitative estimate of drug-likeness (QED) is 0.840. The number of carbonyl (C=O) groups excluding carboxylic acids is 1. The standard InChI is InChI=1S/C19H28N2OS/c1-13-6-7-14(15(23)12-13)20-8-10-21(11-9-20)16-18(2,3)17(22)19(16,4)5/h6-7,12,16,23H,8-11H2,1-5H3. The van der Waals surface area contributed by atoms with E-state index in [-0.39, 0.29) is 10.8 Å². The molecule has 2 aliphatic rings. The second kappa shape index (κ2) is 5.52. The monoisotopic (exact) mass is 332 g/mol. The van der Waals surface area contributed by atoms with E-state index in [2.05, 4.69) is 75.2 Å². The van der Waals surface area contributed by atoms with Crippen LogP contribution in [0.15, 0.2) is 23.1 Å². The molecule has 0 unspecified atom stereocenters. The zero-order valence-corrected chi connectivity index (χ0v) is 15.8. The van der Waals surface area contributed by atoms with Crippen LogP contribution in [0.2, 0.25) is 0 Å². The molecule has 1 aromatic rings. The highest BCUT2D eigenvalue weighted by Crippen LogP contribution is 2.53. The highest BCUT2D eigenvalue weighted by molar-refractivity contribution is 7.80. The van der Waals surface area contributed by atoms with E-state index in [0.29, 0.717) is 11.8 Å². The van der Waals surface area contributed by atoms with Crippen LogP contribution in [0.25, 0.3) is 0 Å². The number of carbonyl (C=O) groups is 1. The third kappa shape index (κ3) is 2.60. The van der Waals surface area contributed by atoms with Gasteiger partial charge in [0.05, 0.1) is 5.69 Å². The van der Waals surface area contributed by atoms with Crippen LogP contribution in [-0.2, 0) is 4.79 Å². The van der Waals surface area contributed by atoms with Crippen molar-refractivity contribution in [2.24, 2.45) is 10.8 Å². The summed E-state index contributed by atoms with van der Waals surface area (Å²) in [5, 5.41) is 0. The smallest absolute Gasteiger partial charge is 0.147 e. The lowest BCUT2D eigenvalue weighted by Gasteiger charge is -2.60. The van der Waals surface area contributed by atoms with Crippen LogP contribution in [0.3, 0.4) is 0 Å². The molecule has 0 spiro atoms. The fourth-order valence-electron chi connectivity index (χ4n) is 4.94. The number of Topliss-reactive ketones (excluding diaryl/α,β-unsaturated/α-hetero) is 1. The predicted octanol–water partition coefficient (Wildman–Crippen LogP) is 3.41. The van der Waals surface area contributed by atoms with Gasteiger partial charge in [-0.05, 0) is 24.6 Å². The maximum absolute atomic E-state index is 12.4. The molecular formula is C19H28N2OS. The molecule has 1 saturated heterocycles. The first kappa shape index (κ1) is 16.8. The van der Waals surface area contributed by atoms with Gasteiger partial charge in [-0.1, -0.05) is 33.8 Å². The van der Waals surface area contributed by atoms with Gasteiger partial charge in [0, 0.05) is 47.9 Å². The summed E-state index contributed by atoms with van der Waals surface area (Å²) in [6.07, 6.45) is 0. The van der Waals surface area contributed by atoms with Gasteiger partial charge in [-0.3, -0.25) is 9.69 Å². The van der Waals surface area contributed by atoms with Crippen molar-refractivity contribution in [1.82, 2.24) is 4.90 Å². The first-order valence-corrected chi connectivity index (χ1v) is 8.94. The van der Waals surface area contributed by atoms with Crippen molar-refractivity contribution < 1.29 is 4.79 Å². The SMILES string of the molecule is Cc1ccc(N2CCN(C3C(C)(C)C(=O)C3(C)C)CC2)c(S)c1. The van der Waals surface area contributed by atoms with Crippen LogP contribution in [0, 0.1) is 17.8 Å². The van der Waals surface area contributed by atoms with Crippen LogP contribution >= 0.6 is 12.6 Å². The van der Waals surface area contributed by atoms with E-state index in [1.165, 1.54) is 11.3 Å². The summed E-state index contributed by atoms with van der Waals surface area (Å²) in [4.78, 5) is 18.4. The minimum Gasteiger partial charge on any atom is -0.368 e. The Morgan fingerprint density at radius 3 is 2.13 bits per heavy atom. The summed E-state index contributed by atoms with van der Waals surface area (Å²) in [6, 6.07) is 6.80. The third-order valence-electron chi connectivity index (χ3n) is 5.69. The lowest BCUT2D eigenvalue weighted by Crippen LogP contribution is -2.72. The lowest BCUT2D eigenvalue weighted by atomic mass is 9.50.